The molecule has 2 aromatic rings. The molecule has 5 heteroatoms. The van der Waals surface area contributed by atoms with Crippen LogP contribution in [0.25, 0.3) is 5.57 Å². The third-order valence-corrected chi connectivity index (χ3v) is 6.17. The third-order valence-electron chi connectivity index (χ3n) is 5.12. The van der Waals surface area contributed by atoms with Crippen molar-refractivity contribution in [3.05, 3.63) is 63.5 Å². The number of hydrogen-bond donors (Lipinski definition) is 1. The van der Waals surface area contributed by atoms with Gasteiger partial charge >= 0.3 is 5.97 Å². The van der Waals surface area contributed by atoms with E-state index in [1.165, 1.54) is 21.6 Å². The monoisotopic (exact) mass is 385 g/mol. The van der Waals surface area contributed by atoms with Gasteiger partial charge in [0.05, 0.1) is 12.2 Å². The number of likely N-dealkylation sites (tertiary alicyclic amines) is 1. The lowest BCUT2D eigenvalue weighted by Crippen LogP contribution is -2.40. The largest absolute Gasteiger partial charge is 0.499 e. The van der Waals surface area contributed by atoms with Crippen LogP contribution < -0.4 is 0 Å². The molecule has 1 saturated heterocycles. The van der Waals surface area contributed by atoms with Crippen LogP contribution in [0.5, 0.6) is 0 Å². The molecule has 0 saturated carbocycles. The van der Waals surface area contributed by atoms with Gasteiger partial charge in [-0.2, -0.15) is 0 Å². The minimum atomic E-state index is -0.685. The van der Waals surface area contributed by atoms with Gasteiger partial charge in [0.1, 0.15) is 6.61 Å². The average molecular weight is 386 g/mol. The zero-order valence-electron chi connectivity index (χ0n) is 16.0. The fourth-order valence-corrected chi connectivity index (χ4v) is 4.49. The maximum atomic E-state index is 11.2. The number of nitrogens with zero attached hydrogens (tertiary/aromatic N) is 1. The first-order chi connectivity index (χ1) is 13.1. The Morgan fingerprint density at radius 3 is 2.81 bits per heavy atom. The topological polar surface area (TPSA) is 49.8 Å². The summed E-state index contributed by atoms with van der Waals surface area (Å²) in [4.78, 5) is 14.6. The van der Waals surface area contributed by atoms with Gasteiger partial charge in [-0.15, -0.1) is 11.3 Å². The van der Waals surface area contributed by atoms with Crippen molar-refractivity contribution in [2.45, 2.75) is 26.7 Å². The quantitative estimate of drug-likeness (QED) is 0.560. The molecular formula is C22H27NO3S. The van der Waals surface area contributed by atoms with Crippen LogP contribution in [0, 0.1) is 19.8 Å². The number of ether oxygens (including phenoxy) is 1. The molecular weight excluding hydrogens is 358 g/mol. The molecule has 27 heavy (non-hydrogen) atoms. The van der Waals surface area contributed by atoms with Gasteiger partial charge in [-0.1, -0.05) is 24.3 Å². The van der Waals surface area contributed by atoms with Crippen molar-refractivity contribution in [1.82, 2.24) is 4.90 Å². The van der Waals surface area contributed by atoms with Crippen LogP contribution in [0.4, 0.5) is 0 Å². The van der Waals surface area contributed by atoms with Gasteiger partial charge in [0.2, 0.25) is 0 Å². The van der Waals surface area contributed by atoms with Gasteiger partial charge in [0.25, 0.3) is 0 Å². The number of rotatable bonds is 7. The van der Waals surface area contributed by atoms with Crippen molar-refractivity contribution in [1.29, 1.82) is 0 Å². The lowest BCUT2D eigenvalue weighted by atomic mass is 9.98. The first kappa shape index (κ1) is 19.6. The minimum absolute atomic E-state index is 0.245. The van der Waals surface area contributed by atoms with Crippen molar-refractivity contribution in [2.75, 3.05) is 26.2 Å². The Balaban J connectivity index is 1.67. The van der Waals surface area contributed by atoms with E-state index in [1.54, 1.807) is 11.3 Å². The van der Waals surface area contributed by atoms with E-state index in [1.807, 2.05) is 12.3 Å². The first-order valence-electron chi connectivity index (χ1n) is 9.43. The SMILES string of the molecule is Cc1ccccc1/C(=C/OCCN1CCC[C@@H](C(=O)O)C1)c1sccc1C. The highest BCUT2D eigenvalue weighted by atomic mass is 32.1. The Morgan fingerprint density at radius 2 is 2.11 bits per heavy atom. The van der Waals surface area contributed by atoms with Crippen LogP contribution in [-0.4, -0.2) is 42.2 Å². The van der Waals surface area contributed by atoms with E-state index in [4.69, 9.17) is 4.74 Å². The molecule has 0 radical (unpaired) electrons. The molecule has 0 aliphatic carbocycles. The highest BCUT2D eigenvalue weighted by Gasteiger charge is 2.24. The number of carboxylic acids is 1. The maximum Gasteiger partial charge on any atom is 0.307 e. The number of hydrogen-bond acceptors (Lipinski definition) is 4. The van der Waals surface area contributed by atoms with E-state index >= 15 is 0 Å². The molecule has 4 nitrogen and oxygen atoms in total. The second kappa shape index (κ2) is 9.20. The van der Waals surface area contributed by atoms with Crippen LogP contribution in [0.1, 0.15) is 34.4 Å². The molecule has 0 unspecified atom stereocenters. The van der Waals surface area contributed by atoms with Crippen LogP contribution in [0.3, 0.4) is 0 Å². The van der Waals surface area contributed by atoms with Gasteiger partial charge in [-0.3, -0.25) is 9.69 Å². The number of carbonyl (C=O) groups is 1. The molecule has 1 atom stereocenters. The molecule has 0 spiro atoms. The number of carboxylic acid groups (broad SMARTS) is 1. The van der Waals surface area contributed by atoms with E-state index in [0.29, 0.717) is 13.2 Å². The highest BCUT2D eigenvalue weighted by molar-refractivity contribution is 7.11. The molecule has 1 aromatic carbocycles. The lowest BCUT2D eigenvalue weighted by Gasteiger charge is -2.30. The van der Waals surface area contributed by atoms with Gasteiger partial charge in [-0.25, -0.2) is 0 Å². The first-order valence-corrected chi connectivity index (χ1v) is 10.3. The van der Waals surface area contributed by atoms with E-state index in [9.17, 15) is 9.90 Å². The molecule has 1 aromatic heterocycles. The summed E-state index contributed by atoms with van der Waals surface area (Å²) in [6, 6.07) is 10.5. The Hall–Kier alpha value is -2.11. The molecule has 144 valence electrons. The second-order valence-corrected chi connectivity index (χ2v) is 8.04. The molecule has 0 amide bonds. The summed E-state index contributed by atoms with van der Waals surface area (Å²) in [6.07, 6.45) is 3.59. The van der Waals surface area contributed by atoms with Crippen LogP contribution in [-0.2, 0) is 9.53 Å². The highest BCUT2D eigenvalue weighted by Crippen LogP contribution is 2.32. The van der Waals surface area contributed by atoms with E-state index < -0.39 is 5.97 Å². The van der Waals surface area contributed by atoms with Gasteiger partial charge in [0.15, 0.2) is 0 Å². The number of aryl methyl sites for hydroxylation is 2. The summed E-state index contributed by atoms with van der Waals surface area (Å²) in [6.45, 7) is 7.13. The molecule has 0 bridgehead atoms. The van der Waals surface area contributed by atoms with Gasteiger partial charge in [-0.05, 0) is 61.4 Å². The molecule has 1 N–H and O–H groups in total. The van der Waals surface area contributed by atoms with Crippen LogP contribution >= 0.6 is 11.3 Å². The van der Waals surface area contributed by atoms with Gasteiger partial charge in [0, 0.05) is 23.5 Å². The molecule has 1 aliphatic rings. The Bertz CT molecular complexity index is 811. The smallest absolute Gasteiger partial charge is 0.307 e. The number of aliphatic carboxylic acids is 1. The molecule has 1 aliphatic heterocycles. The third kappa shape index (κ3) is 4.99. The van der Waals surface area contributed by atoms with Crippen molar-refractivity contribution < 1.29 is 14.6 Å². The lowest BCUT2D eigenvalue weighted by molar-refractivity contribution is -0.143. The summed E-state index contributed by atoms with van der Waals surface area (Å²) >= 11 is 1.73. The van der Waals surface area contributed by atoms with Crippen LogP contribution in [0.2, 0.25) is 0 Å². The van der Waals surface area contributed by atoms with Gasteiger partial charge < -0.3 is 9.84 Å². The van der Waals surface area contributed by atoms with E-state index in [2.05, 4.69) is 48.4 Å². The predicted molar refractivity (Wildman–Crippen MR) is 110 cm³/mol. The summed E-state index contributed by atoms with van der Waals surface area (Å²) in [5.74, 6) is -0.930. The Kier molecular flexibility index (Phi) is 6.69. The Morgan fingerprint density at radius 1 is 1.30 bits per heavy atom. The predicted octanol–water partition coefficient (Wildman–Crippen LogP) is 4.57. The average Bonchev–Trinajstić information content (AvgIpc) is 3.09. The Labute approximate surface area is 165 Å². The van der Waals surface area contributed by atoms with E-state index in [-0.39, 0.29) is 5.92 Å². The van der Waals surface area contributed by atoms with Crippen molar-refractivity contribution >= 4 is 22.9 Å². The summed E-state index contributed by atoms with van der Waals surface area (Å²) in [7, 11) is 0. The van der Waals surface area contributed by atoms with Crippen molar-refractivity contribution in [3.63, 3.8) is 0 Å². The fraction of sp³-hybridized carbons (Fsp3) is 0.409. The van der Waals surface area contributed by atoms with Crippen LogP contribution in [0.15, 0.2) is 42.0 Å². The van der Waals surface area contributed by atoms with E-state index in [0.717, 1.165) is 31.5 Å². The van der Waals surface area contributed by atoms with Crippen molar-refractivity contribution in [3.8, 4) is 0 Å². The number of piperidine rings is 1. The number of thiophene rings is 1. The maximum absolute atomic E-state index is 11.2. The number of benzene rings is 1. The zero-order valence-corrected chi connectivity index (χ0v) is 16.8. The summed E-state index contributed by atoms with van der Waals surface area (Å²) in [5, 5.41) is 11.3. The standard InChI is InChI=1S/C22H27NO3S/c1-16-6-3-4-8-19(16)20(21-17(2)9-13-27-21)15-26-12-11-23-10-5-7-18(14-23)22(24)25/h3-4,6,8-9,13,15,18H,5,7,10-12,14H2,1-2H3,(H,24,25)/b20-15-/t18-/m1/s1. The normalized spacial score (nSPS) is 18.4. The molecule has 2 heterocycles. The molecule has 1 fully saturated rings. The fourth-order valence-electron chi connectivity index (χ4n) is 3.55. The summed E-state index contributed by atoms with van der Waals surface area (Å²) in [5.41, 5.74) is 4.77. The minimum Gasteiger partial charge on any atom is -0.499 e. The zero-order chi connectivity index (χ0) is 19.2. The second-order valence-electron chi connectivity index (χ2n) is 7.13. The molecule has 3 rings (SSSR count). The summed E-state index contributed by atoms with van der Waals surface area (Å²) < 4.78 is 5.94. The van der Waals surface area contributed by atoms with Crippen molar-refractivity contribution in [2.24, 2.45) is 5.92 Å².